The van der Waals surface area contributed by atoms with Crippen LogP contribution in [0.3, 0.4) is 0 Å². The fourth-order valence-corrected chi connectivity index (χ4v) is 11.8. The second kappa shape index (κ2) is 16.7. The summed E-state index contributed by atoms with van der Waals surface area (Å²) >= 11 is 3.67. The Kier molecular flexibility index (Phi) is 12.0. The lowest BCUT2D eigenvalue weighted by atomic mass is 9.73. The second-order valence-corrected chi connectivity index (χ2v) is 20.9. The summed E-state index contributed by atoms with van der Waals surface area (Å²) in [6.07, 6.45) is 4.38. The van der Waals surface area contributed by atoms with Crippen LogP contribution >= 0.6 is 23.5 Å². The van der Waals surface area contributed by atoms with Gasteiger partial charge in [0, 0.05) is 43.3 Å². The Morgan fingerprint density at radius 2 is 0.655 bits per heavy atom. The van der Waals surface area contributed by atoms with Crippen LogP contribution in [-0.4, -0.2) is 20.7 Å². The summed E-state index contributed by atoms with van der Waals surface area (Å²) in [5, 5.41) is 25.3. The number of phenolic OH excluding ortho intramolecular Hbond substituents is 2. The molecule has 0 spiro atoms. The third-order valence-electron chi connectivity index (χ3n) is 13.1. The average molecular weight is 805 g/mol. The van der Waals surface area contributed by atoms with Gasteiger partial charge in [0.15, 0.2) is 0 Å². The van der Waals surface area contributed by atoms with Crippen molar-refractivity contribution in [3.63, 3.8) is 0 Å². The molecule has 6 aromatic rings. The Morgan fingerprint density at radius 1 is 0.379 bits per heavy atom. The van der Waals surface area contributed by atoms with Crippen LogP contribution in [0.2, 0.25) is 0 Å². The van der Waals surface area contributed by atoms with Crippen LogP contribution in [-0.2, 0) is 21.7 Å². The molecular formula is C54H60O2S2. The van der Waals surface area contributed by atoms with Gasteiger partial charge in [0.25, 0.3) is 0 Å². The quantitative estimate of drug-likeness (QED) is 0.129. The SMILES string of the molecule is CC(C)(c1ccccc1)c1cc(SC2CCCCC2Sc2cc(C(C)(C)c3ccccc3)cc(C(C)(C)c3ccccc3)c2O)c(O)c(C(C)(C)c2ccccc2)c1. The lowest BCUT2D eigenvalue weighted by Gasteiger charge is -2.35. The van der Waals surface area contributed by atoms with Crippen molar-refractivity contribution >= 4 is 23.5 Å². The highest BCUT2D eigenvalue weighted by atomic mass is 32.2. The van der Waals surface area contributed by atoms with Crippen molar-refractivity contribution in [2.45, 2.75) is 123 Å². The Morgan fingerprint density at radius 3 is 0.948 bits per heavy atom. The van der Waals surface area contributed by atoms with Crippen LogP contribution in [0, 0.1) is 0 Å². The van der Waals surface area contributed by atoms with Crippen LogP contribution in [0.25, 0.3) is 0 Å². The van der Waals surface area contributed by atoms with Gasteiger partial charge in [0.05, 0.1) is 9.79 Å². The lowest BCUT2D eigenvalue weighted by molar-refractivity contribution is 0.436. The monoisotopic (exact) mass is 804 g/mol. The average Bonchev–Trinajstić information content (AvgIpc) is 3.24. The molecule has 0 aliphatic heterocycles. The minimum Gasteiger partial charge on any atom is -0.506 e. The van der Waals surface area contributed by atoms with Gasteiger partial charge in [-0.15, -0.1) is 23.5 Å². The van der Waals surface area contributed by atoms with Gasteiger partial charge in [-0.25, -0.2) is 0 Å². The molecule has 300 valence electrons. The Balaban J connectivity index is 1.31. The van der Waals surface area contributed by atoms with E-state index in [9.17, 15) is 10.2 Å². The Hall–Kier alpha value is -4.38. The van der Waals surface area contributed by atoms with Crippen molar-refractivity contribution in [1.82, 2.24) is 0 Å². The standard InChI is InChI=1S/C54H60O2S2/c1-51(2,37-23-13-9-14-24-37)41-33-43(53(5,6)39-27-17-11-18-28-39)49(55)47(35-41)57-45-31-21-22-32-46(45)58-48-36-42(52(3,4)38-25-15-10-16-26-38)34-44(50(48)56)54(7,8)40-29-19-12-20-30-40/h9-20,23-30,33-36,45-46,55-56H,21-22,31-32H2,1-8H3. The van der Waals surface area contributed by atoms with Crippen LogP contribution in [0.4, 0.5) is 0 Å². The van der Waals surface area contributed by atoms with E-state index in [0.29, 0.717) is 11.5 Å². The van der Waals surface area contributed by atoms with E-state index >= 15 is 0 Å². The van der Waals surface area contributed by atoms with E-state index in [-0.39, 0.29) is 21.3 Å². The summed E-state index contributed by atoms with van der Waals surface area (Å²) in [6, 6.07) is 51.6. The van der Waals surface area contributed by atoms with Crippen molar-refractivity contribution in [2.24, 2.45) is 0 Å². The molecule has 1 aliphatic carbocycles. The van der Waals surface area contributed by atoms with Crippen LogP contribution in [0.1, 0.15) is 126 Å². The summed E-state index contributed by atoms with van der Waals surface area (Å²) in [6.45, 7) is 18.1. The largest absolute Gasteiger partial charge is 0.506 e. The third kappa shape index (κ3) is 8.25. The minimum atomic E-state index is -0.427. The first kappa shape index (κ1) is 41.8. The fourth-order valence-electron chi connectivity index (χ4n) is 8.79. The van der Waals surface area contributed by atoms with Crippen LogP contribution in [0.15, 0.2) is 155 Å². The zero-order valence-corrected chi connectivity index (χ0v) is 37.2. The highest BCUT2D eigenvalue weighted by Gasteiger charge is 2.37. The molecule has 2 atom stereocenters. The summed E-state index contributed by atoms with van der Waals surface area (Å²) in [5.74, 6) is 0.754. The van der Waals surface area contributed by atoms with Gasteiger partial charge in [-0.05, 0) is 58.4 Å². The van der Waals surface area contributed by atoms with Crippen molar-refractivity contribution < 1.29 is 10.2 Å². The highest BCUT2D eigenvalue weighted by Crippen LogP contribution is 2.52. The van der Waals surface area contributed by atoms with Crippen molar-refractivity contribution in [3.8, 4) is 11.5 Å². The normalized spacial score (nSPS) is 16.6. The molecule has 1 saturated carbocycles. The molecule has 0 radical (unpaired) electrons. The molecule has 0 aromatic heterocycles. The number of rotatable bonds is 12. The molecule has 58 heavy (non-hydrogen) atoms. The van der Waals surface area contributed by atoms with Gasteiger partial charge < -0.3 is 10.2 Å². The molecule has 0 amide bonds. The van der Waals surface area contributed by atoms with Crippen molar-refractivity contribution in [3.05, 3.63) is 190 Å². The smallest absolute Gasteiger partial charge is 0.133 e. The molecule has 2 N–H and O–H groups in total. The molecule has 0 saturated heterocycles. The predicted octanol–water partition coefficient (Wildman–Crippen LogP) is 14.6. The molecule has 1 aliphatic rings. The molecular weight excluding hydrogens is 745 g/mol. The van der Waals surface area contributed by atoms with Crippen molar-refractivity contribution in [2.75, 3.05) is 0 Å². The zero-order chi connectivity index (χ0) is 41.3. The van der Waals surface area contributed by atoms with Gasteiger partial charge in [0.2, 0.25) is 0 Å². The summed E-state index contributed by atoms with van der Waals surface area (Å²) < 4.78 is 0. The number of benzene rings is 6. The van der Waals surface area contributed by atoms with Gasteiger partial charge in [-0.1, -0.05) is 202 Å². The topological polar surface area (TPSA) is 40.5 Å². The molecule has 7 rings (SSSR count). The minimum absolute atomic E-state index is 0.239. The first-order chi connectivity index (χ1) is 27.6. The highest BCUT2D eigenvalue weighted by molar-refractivity contribution is 8.04. The van der Waals surface area contributed by atoms with Crippen molar-refractivity contribution in [1.29, 1.82) is 0 Å². The van der Waals surface area contributed by atoms with Gasteiger partial charge in [-0.3, -0.25) is 0 Å². The summed E-state index contributed by atoms with van der Waals surface area (Å²) in [7, 11) is 0. The van der Waals surface area contributed by atoms with Crippen LogP contribution < -0.4 is 0 Å². The molecule has 1 fully saturated rings. The van der Waals surface area contributed by atoms with E-state index in [2.05, 4.69) is 201 Å². The van der Waals surface area contributed by atoms with E-state index in [1.54, 1.807) is 0 Å². The summed E-state index contributed by atoms with van der Waals surface area (Å²) in [4.78, 5) is 1.87. The first-order valence-corrected chi connectivity index (χ1v) is 22.7. The second-order valence-electron chi connectivity index (χ2n) is 18.3. The number of hydrogen-bond acceptors (Lipinski definition) is 4. The molecule has 0 heterocycles. The third-order valence-corrected chi connectivity index (χ3v) is 16.2. The predicted molar refractivity (Wildman–Crippen MR) is 248 cm³/mol. The van der Waals surface area contributed by atoms with Crippen LogP contribution in [0.5, 0.6) is 11.5 Å². The molecule has 2 unspecified atom stereocenters. The maximum absolute atomic E-state index is 12.4. The maximum atomic E-state index is 12.4. The molecule has 0 bridgehead atoms. The number of aromatic hydroxyl groups is 2. The van der Waals surface area contributed by atoms with E-state index < -0.39 is 10.8 Å². The fraction of sp³-hybridized carbons (Fsp3) is 0.333. The number of thioether (sulfide) groups is 2. The van der Waals surface area contributed by atoms with E-state index in [4.69, 9.17) is 0 Å². The van der Waals surface area contributed by atoms with E-state index in [1.807, 2.05) is 23.5 Å². The summed E-state index contributed by atoms with van der Waals surface area (Å²) in [5.41, 5.74) is 7.69. The van der Waals surface area contributed by atoms with E-state index in [1.165, 1.54) is 33.4 Å². The number of hydrogen-bond donors (Lipinski definition) is 2. The van der Waals surface area contributed by atoms with E-state index in [0.717, 1.165) is 46.6 Å². The molecule has 6 aromatic carbocycles. The molecule has 2 nitrogen and oxygen atoms in total. The van der Waals surface area contributed by atoms with Gasteiger partial charge in [0.1, 0.15) is 11.5 Å². The molecule has 4 heteroatoms. The lowest BCUT2D eigenvalue weighted by Crippen LogP contribution is -2.26. The first-order valence-electron chi connectivity index (χ1n) is 20.9. The number of phenols is 2. The maximum Gasteiger partial charge on any atom is 0.133 e. The van der Waals surface area contributed by atoms with Gasteiger partial charge >= 0.3 is 0 Å². The van der Waals surface area contributed by atoms with Gasteiger partial charge in [-0.2, -0.15) is 0 Å². The Labute approximate surface area is 356 Å². The zero-order valence-electron chi connectivity index (χ0n) is 35.6. The Bertz CT molecular complexity index is 2150.